The van der Waals surface area contributed by atoms with Crippen LogP contribution in [0.25, 0.3) is 22.4 Å². The van der Waals surface area contributed by atoms with E-state index >= 15 is 0 Å². The van der Waals surface area contributed by atoms with E-state index in [4.69, 9.17) is 14.0 Å². The molecule has 32 heavy (non-hydrogen) atoms. The number of nitrogens with zero attached hydrogens (tertiary/aromatic N) is 3. The van der Waals surface area contributed by atoms with Gasteiger partial charge in [0.15, 0.2) is 0 Å². The van der Waals surface area contributed by atoms with Gasteiger partial charge in [-0.25, -0.2) is 4.98 Å². The standard InChI is InChI=1S/C24H28N4O4/c1-15(14-28-9-11-31-12-10-28)25-23(29)19-13-20(16-3-4-16)26-24-21(19)22(27-32-24)17-5-7-18(30-2)8-6-17/h5-8,13,15-16H,3-4,9-12,14H2,1-2H3,(H,25,29). The Morgan fingerprint density at radius 3 is 2.69 bits per heavy atom. The Morgan fingerprint density at radius 2 is 2.00 bits per heavy atom. The van der Waals surface area contributed by atoms with Gasteiger partial charge in [0.25, 0.3) is 11.6 Å². The second-order valence-corrected chi connectivity index (χ2v) is 8.60. The maximum Gasteiger partial charge on any atom is 0.259 e. The van der Waals surface area contributed by atoms with Gasteiger partial charge >= 0.3 is 0 Å². The van der Waals surface area contributed by atoms with Gasteiger partial charge in [0.05, 0.1) is 31.3 Å². The minimum atomic E-state index is -0.127. The third-order valence-electron chi connectivity index (χ3n) is 6.08. The van der Waals surface area contributed by atoms with E-state index in [0.717, 1.165) is 62.7 Å². The fourth-order valence-electron chi connectivity index (χ4n) is 4.20. The van der Waals surface area contributed by atoms with Gasteiger partial charge in [0.2, 0.25) is 0 Å². The lowest BCUT2D eigenvalue weighted by Gasteiger charge is -2.29. The first-order chi connectivity index (χ1) is 15.6. The van der Waals surface area contributed by atoms with Crippen LogP contribution in [0, 0.1) is 0 Å². The number of carbonyl (C=O) groups excluding carboxylic acids is 1. The first-order valence-corrected chi connectivity index (χ1v) is 11.2. The zero-order valence-electron chi connectivity index (χ0n) is 18.5. The highest BCUT2D eigenvalue weighted by Gasteiger charge is 2.30. The number of carbonyl (C=O) groups is 1. The topological polar surface area (TPSA) is 89.7 Å². The van der Waals surface area contributed by atoms with E-state index < -0.39 is 0 Å². The van der Waals surface area contributed by atoms with Crippen molar-refractivity contribution in [1.29, 1.82) is 0 Å². The molecule has 3 aromatic rings. The summed E-state index contributed by atoms with van der Waals surface area (Å²) in [4.78, 5) is 20.4. The van der Waals surface area contributed by atoms with E-state index in [0.29, 0.717) is 28.3 Å². The molecule has 1 aliphatic heterocycles. The molecule has 168 valence electrons. The number of ether oxygens (including phenoxy) is 2. The molecule has 2 aromatic heterocycles. The molecule has 1 saturated heterocycles. The van der Waals surface area contributed by atoms with Crippen LogP contribution >= 0.6 is 0 Å². The predicted molar refractivity (Wildman–Crippen MR) is 120 cm³/mol. The largest absolute Gasteiger partial charge is 0.497 e. The van der Waals surface area contributed by atoms with E-state index in [1.54, 1.807) is 7.11 Å². The molecular weight excluding hydrogens is 408 g/mol. The van der Waals surface area contributed by atoms with Gasteiger partial charge in [-0.1, -0.05) is 5.16 Å². The SMILES string of the molecule is COc1ccc(-c2noc3nc(C4CC4)cc(C(=O)NC(C)CN4CCOCC4)c23)cc1. The highest BCUT2D eigenvalue weighted by molar-refractivity contribution is 6.09. The number of aromatic nitrogens is 2. The molecule has 1 saturated carbocycles. The van der Waals surface area contributed by atoms with Gasteiger partial charge in [-0.3, -0.25) is 9.69 Å². The number of nitrogens with one attached hydrogen (secondary N) is 1. The molecule has 3 heterocycles. The summed E-state index contributed by atoms with van der Waals surface area (Å²) >= 11 is 0. The van der Waals surface area contributed by atoms with Crippen molar-refractivity contribution >= 4 is 17.0 Å². The molecule has 1 unspecified atom stereocenters. The molecule has 8 nitrogen and oxygen atoms in total. The highest BCUT2D eigenvalue weighted by Crippen LogP contribution is 2.41. The zero-order valence-corrected chi connectivity index (χ0v) is 18.5. The van der Waals surface area contributed by atoms with Crippen LogP contribution in [-0.4, -0.2) is 66.9 Å². The van der Waals surface area contributed by atoms with Crippen molar-refractivity contribution in [2.75, 3.05) is 40.0 Å². The third-order valence-corrected chi connectivity index (χ3v) is 6.08. The number of hydrogen-bond acceptors (Lipinski definition) is 7. The van der Waals surface area contributed by atoms with Crippen LogP contribution < -0.4 is 10.1 Å². The number of methoxy groups -OCH3 is 1. The molecule has 8 heteroatoms. The van der Waals surface area contributed by atoms with Crippen molar-refractivity contribution in [2.45, 2.75) is 31.7 Å². The van der Waals surface area contributed by atoms with Crippen molar-refractivity contribution in [2.24, 2.45) is 0 Å². The van der Waals surface area contributed by atoms with Crippen LogP contribution in [0.4, 0.5) is 0 Å². The Morgan fingerprint density at radius 1 is 1.25 bits per heavy atom. The van der Waals surface area contributed by atoms with E-state index in [1.165, 1.54) is 0 Å². The predicted octanol–water partition coefficient (Wildman–Crippen LogP) is 3.23. The van der Waals surface area contributed by atoms with Gasteiger partial charge < -0.3 is 19.3 Å². The summed E-state index contributed by atoms with van der Waals surface area (Å²) in [5.41, 5.74) is 3.34. The molecule has 1 N–H and O–H groups in total. The Labute approximate surface area is 186 Å². The number of fused-ring (bicyclic) bond motifs is 1. The summed E-state index contributed by atoms with van der Waals surface area (Å²) in [6.45, 7) is 6.07. The number of rotatable bonds is 7. The van der Waals surface area contributed by atoms with Crippen LogP contribution in [0.15, 0.2) is 34.9 Å². The number of benzene rings is 1. The molecule has 2 aliphatic rings. The first kappa shape index (κ1) is 20.9. The molecule has 0 bridgehead atoms. The fraction of sp³-hybridized carbons (Fsp3) is 0.458. The van der Waals surface area contributed by atoms with Crippen molar-refractivity contribution in [3.8, 4) is 17.0 Å². The zero-order chi connectivity index (χ0) is 22.1. The summed E-state index contributed by atoms with van der Waals surface area (Å²) in [7, 11) is 1.63. The van der Waals surface area contributed by atoms with E-state index in [1.807, 2.05) is 37.3 Å². The van der Waals surface area contributed by atoms with Crippen molar-refractivity contribution in [3.63, 3.8) is 0 Å². The lowest BCUT2D eigenvalue weighted by Crippen LogP contribution is -2.46. The van der Waals surface area contributed by atoms with Crippen molar-refractivity contribution < 1.29 is 18.8 Å². The molecule has 1 amide bonds. The smallest absolute Gasteiger partial charge is 0.259 e. The second-order valence-electron chi connectivity index (χ2n) is 8.60. The number of morpholine rings is 1. The Kier molecular flexibility index (Phi) is 5.80. The monoisotopic (exact) mass is 436 g/mol. The maximum absolute atomic E-state index is 13.4. The normalized spacial score (nSPS) is 17.9. The Bertz CT molecular complexity index is 1100. The van der Waals surface area contributed by atoms with Gasteiger partial charge in [-0.15, -0.1) is 0 Å². The van der Waals surface area contributed by atoms with Gasteiger partial charge in [0, 0.05) is 42.9 Å². The van der Waals surface area contributed by atoms with E-state index in [2.05, 4.69) is 20.4 Å². The maximum atomic E-state index is 13.4. The van der Waals surface area contributed by atoms with Crippen LogP contribution in [-0.2, 0) is 4.74 Å². The minimum Gasteiger partial charge on any atom is -0.497 e. The van der Waals surface area contributed by atoms with Crippen molar-refractivity contribution in [1.82, 2.24) is 20.4 Å². The Balaban J connectivity index is 1.46. The Hall–Kier alpha value is -2.97. The van der Waals surface area contributed by atoms with Gasteiger partial charge in [-0.05, 0) is 50.1 Å². The molecule has 0 radical (unpaired) electrons. The summed E-state index contributed by atoms with van der Waals surface area (Å²) in [6.07, 6.45) is 2.18. The summed E-state index contributed by atoms with van der Waals surface area (Å²) < 4.78 is 16.3. The van der Waals surface area contributed by atoms with E-state index in [9.17, 15) is 4.79 Å². The number of hydrogen-bond donors (Lipinski definition) is 1. The number of amides is 1. The molecule has 1 aliphatic carbocycles. The van der Waals surface area contributed by atoms with Crippen LogP contribution in [0.1, 0.15) is 41.7 Å². The van der Waals surface area contributed by atoms with Crippen LogP contribution in [0.2, 0.25) is 0 Å². The summed E-state index contributed by atoms with van der Waals surface area (Å²) in [5, 5.41) is 8.10. The second kappa shape index (κ2) is 8.88. The fourth-order valence-corrected chi connectivity index (χ4v) is 4.20. The number of pyridine rings is 1. The van der Waals surface area contributed by atoms with Gasteiger partial charge in [-0.2, -0.15) is 0 Å². The highest BCUT2D eigenvalue weighted by atomic mass is 16.5. The van der Waals surface area contributed by atoms with Crippen molar-refractivity contribution in [3.05, 3.63) is 41.6 Å². The van der Waals surface area contributed by atoms with E-state index in [-0.39, 0.29) is 11.9 Å². The average Bonchev–Trinajstić information content (AvgIpc) is 3.58. The summed E-state index contributed by atoms with van der Waals surface area (Å²) in [5.74, 6) is 1.02. The van der Waals surface area contributed by atoms with Crippen LogP contribution in [0.3, 0.4) is 0 Å². The molecule has 1 atom stereocenters. The first-order valence-electron chi connectivity index (χ1n) is 11.2. The summed E-state index contributed by atoms with van der Waals surface area (Å²) in [6, 6.07) is 9.47. The third kappa shape index (κ3) is 4.33. The molecule has 1 aromatic carbocycles. The molecule has 0 spiro atoms. The molecule has 2 fully saturated rings. The lowest BCUT2D eigenvalue weighted by atomic mass is 10.0. The minimum absolute atomic E-state index is 0.00233. The quantitative estimate of drug-likeness (QED) is 0.608. The van der Waals surface area contributed by atoms with Crippen LogP contribution in [0.5, 0.6) is 5.75 Å². The molecule has 5 rings (SSSR count). The van der Waals surface area contributed by atoms with Gasteiger partial charge in [0.1, 0.15) is 11.4 Å². The molecular formula is C24H28N4O4. The average molecular weight is 437 g/mol. The lowest BCUT2D eigenvalue weighted by molar-refractivity contribution is 0.0342.